The normalized spacial score (nSPS) is 11.8. The second-order valence-electron chi connectivity index (χ2n) is 5.88. The van der Waals surface area contributed by atoms with Crippen molar-refractivity contribution in [2.45, 2.75) is 12.2 Å². The molecule has 0 aliphatic heterocycles. The molecule has 0 spiro atoms. The lowest BCUT2D eigenvalue weighted by Gasteiger charge is -2.13. The zero-order valence-corrected chi connectivity index (χ0v) is 15.4. The number of nitrogens with zero attached hydrogens (tertiary/aromatic N) is 1. The van der Waals surface area contributed by atoms with E-state index in [9.17, 15) is 14.0 Å². The molecule has 3 aromatic rings. The molecule has 1 unspecified atom stereocenters. The fourth-order valence-corrected chi connectivity index (χ4v) is 3.13. The molecular formula is C20H18FN3O2S. The molecule has 0 aliphatic carbocycles. The van der Waals surface area contributed by atoms with Gasteiger partial charge in [0.25, 0.3) is 0 Å². The number of thioether (sulfide) groups is 1. The van der Waals surface area contributed by atoms with Gasteiger partial charge in [-0.3, -0.25) is 14.6 Å². The van der Waals surface area contributed by atoms with Crippen LogP contribution in [0, 0.1) is 5.82 Å². The largest absolute Gasteiger partial charge is 0.325 e. The van der Waals surface area contributed by atoms with Crippen LogP contribution in [0.2, 0.25) is 0 Å². The first-order chi connectivity index (χ1) is 13.0. The Kier molecular flexibility index (Phi) is 6.03. The first-order valence-corrected chi connectivity index (χ1v) is 9.39. The molecule has 0 saturated heterocycles. The third-order valence-corrected chi connectivity index (χ3v) is 5.00. The van der Waals surface area contributed by atoms with Gasteiger partial charge in [0, 0.05) is 17.3 Å². The van der Waals surface area contributed by atoms with E-state index in [1.807, 2.05) is 24.3 Å². The Labute approximate surface area is 160 Å². The number of para-hydroxylation sites is 1. The van der Waals surface area contributed by atoms with Crippen molar-refractivity contribution in [2.75, 3.05) is 16.4 Å². The number of carbonyl (C=O) groups excluding carboxylic acids is 2. The van der Waals surface area contributed by atoms with Crippen LogP contribution in [0.15, 0.2) is 60.8 Å². The molecule has 0 aliphatic rings. The maximum absolute atomic E-state index is 12.9. The predicted molar refractivity (Wildman–Crippen MR) is 107 cm³/mol. The smallest absolute Gasteiger partial charge is 0.237 e. The molecule has 0 saturated carbocycles. The highest BCUT2D eigenvalue weighted by molar-refractivity contribution is 8.01. The molecular weight excluding hydrogens is 365 g/mol. The summed E-state index contributed by atoms with van der Waals surface area (Å²) in [6.45, 7) is 1.74. The van der Waals surface area contributed by atoms with E-state index in [1.54, 1.807) is 19.2 Å². The zero-order valence-electron chi connectivity index (χ0n) is 14.6. The Morgan fingerprint density at radius 2 is 1.81 bits per heavy atom. The first-order valence-electron chi connectivity index (χ1n) is 8.34. The van der Waals surface area contributed by atoms with E-state index in [2.05, 4.69) is 15.6 Å². The number of halogens is 1. The van der Waals surface area contributed by atoms with Crippen molar-refractivity contribution >= 4 is 45.9 Å². The van der Waals surface area contributed by atoms with Gasteiger partial charge in [0.15, 0.2) is 0 Å². The highest BCUT2D eigenvalue weighted by Crippen LogP contribution is 2.22. The summed E-state index contributed by atoms with van der Waals surface area (Å²) in [4.78, 5) is 28.7. The van der Waals surface area contributed by atoms with E-state index >= 15 is 0 Å². The quantitative estimate of drug-likeness (QED) is 0.673. The van der Waals surface area contributed by atoms with Crippen LogP contribution in [-0.4, -0.2) is 27.8 Å². The van der Waals surface area contributed by atoms with Gasteiger partial charge < -0.3 is 10.6 Å². The van der Waals surface area contributed by atoms with Crippen LogP contribution in [0.3, 0.4) is 0 Å². The monoisotopic (exact) mass is 383 g/mol. The fraction of sp³-hybridized carbons (Fsp3) is 0.150. The summed E-state index contributed by atoms with van der Waals surface area (Å²) < 4.78 is 12.9. The van der Waals surface area contributed by atoms with Gasteiger partial charge in [-0.1, -0.05) is 18.2 Å². The van der Waals surface area contributed by atoms with Gasteiger partial charge in [-0.15, -0.1) is 11.8 Å². The average Bonchev–Trinajstić information content (AvgIpc) is 2.68. The third kappa shape index (κ3) is 5.04. The number of benzene rings is 2. The van der Waals surface area contributed by atoms with Crippen molar-refractivity contribution in [3.63, 3.8) is 0 Å². The fourth-order valence-electron chi connectivity index (χ4n) is 2.45. The minimum absolute atomic E-state index is 0.111. The number of pyridine rings is 1. The van der Waals surface area contributed by atoms with Gasteiger partial charge in [-0.05, 0) is 43.3 Å². The maximum Gasteiger partial charge on any atom is 0.237 e. The second-order valence-corrected chi connectivity index (χ2v) is 7.21. The molecule has 1 aromatic heterocycles. The van der Waals surface area contributed by atoms with Gasteiger partial charge in [-0.25, -0.2) is 4.39 Å². The molecule has 138 valence electrons. The Balaban J connectivity index is 1.54. The first kappa shape index (κ1) is 18.8. The number of carbonyl (C=O) groups is 2. The van der Waals surface area contributed by atoms with Gasteiger partial charge in [0.05, 0.1) is 22.2 Å². The van der Waals surface area contributed by atoms with Crippen LogP contribution in [-0.2, 0) is 9.59 Å². The van der Waals surface area contributed by atoms with E-state index in [0.29, 0.717) is 11.4 Å². The average molecular weight is 383 g/mol. The number of nitrogens with one attached hydrogen (secondary N) is 2. The summed E-state index contributed by atoms with van der Waals surface area (Å²) in [5.41, 5.74) is 1.88. The third-order valence-electron chi connectivity index (χ3n) is 3.85. The molecule has 2 N–H and O–H groups in total. The predicted octanol–water partition coefficient (Wildman–Crippen LogP) is 4.07. The molecule has 27 heavy (non-hydrogen) atoms. The minimum Gasteiger partial charge on any atom is -0.325 e. The van der Waals surface area contributed by atoms with Crippen LogP contribution in [0.5, 0.6) is 0 Å². The highest BCUT2D eigenvalue weighted by atomic mass is 32.2. The van der Waals surface area contributed by atoms with E-state index in [1.165, 1.54) is 36.0 Å². The Hall–Kier alpha value is -2.93. The van der Waals surface area contributed by atoms with Gasteiger partial charge in [-0.2, -0.15) is 0 Å². The van der Waals surface area contributed by atoms with Crippen molar-refractivity contribution in [1.29, 1.82) is 0 Å². The number of hydrogen-bond acceptors (Lipinski definition) is 4. The molecule has 1 atom stereocenters. The van der Waals surface area contributed by atoms with Crippen molar-refractivity contribution in [1.82, 2.24) is 4.98 Å². The van der Waals surface area contributed by atoms with Gasteiger partial charge in [0.1, 0.15) is 5.82 Å². The number of hydrogen-bond donors (Lipinski definition) is 2. The van der Waals surface area contributed by atoms with Crippen LogP contribution < -0.4 is 10.6 Å². The number of rotatable bonds is 6. The van der Waals surface area contributed by atoms with Crippen molar-refractivity contribution in [3.05, 3.63) is 66.6 Å². The van der Waals surface area contributed by atoms with E-state index < -0.39 is 5.25 Å². The van der Waals surface area contributed by atoms with Gasteiger partial charge >= 0.3 is 0 Å². The molecule has 3 rings (SSSR count). The zero-order chi connectivity index (χ0) is 19.2. The van der Waals surface area contributed by atoms with E-state index in [4.69, 9.17) is 0 Å². The second kappa shape index (κ2) is 8.64. The summed E-state index contributed by atoms with van der Waals surface area (Å²) in [5, 5.41) is 6.05. The number of aromatic nitrogens is 1. The molecule has 2 aromatic carbocycles. The summed E-state index contributed by atoms with van der Waals surface area (Å²) in [6.07, 6.45) is 1.68. The van der Waals surface area contributed by atoms with Crippen LogP contribution in [0.1, 0.15) is 6.92 Å². The molecule has 7 heteroatoms. The molecule has 0 fully saturated rings. The Morgan fingerprint density at radius 1 is 1.07 bits per heavy atom. The summed E-state index contributed by atoms with van der Waals surface area (Å²) >= 11 is 1.22. The van der Waals surface area contributed by atoms with Crippen LogP contribution >= 0.6 is 11.8 Å². The summed E-state index contributed by atoms with van der Waals surface area (Å²) in [6, 6.07) is 14.9. The summed E-state index contributed by atoms with van der Waals surface area (Å²) in [7, 11) is 0. The van der Waals surface area contributed by atoms with Crippen molar-refractivity contribution < 1.29 is 14.0 Å². The maximum atomic E-state index is 12.9. The summed E-state index contributed by atoms with van der Waals surface area (Å²) in [5.74, 6) is -0.707. The standard InChI is InChI=1S/C20H18FN3O2S/c1-13(27-12-18(25)23-16-9-7-15(21)8-10-16)20(26)24-17-6-2-4-14-5-3-11-22-19(14)17/h2-11,13H,12H2,1H3,(H,23,25)(H,24,26). The molecule has 2 amide bonds. The Bertz CT molecular complexity index is 958. The molecule has 5 nitrogen and oxygen atoms in total. The minimum atomic E-state index is -0.428. The lowest BCUT2D eigenvalue weighted by atomic mass is 10.2. The van der Waals surface area contributed by atoms with Gasteiger partial charge in [0.2, 0.25) is 11.8 Å². The number of anilines is 2. The van der Waals surface area contributed by atoms with E-state index in [-0.39, 0.29) is 23.4 Å². The van der Waals surface area contributed by atoms with Crippen LogP contribution in [0.25, 0.3) is 10.9 Å². The molecule has 0 bridgehead atoms. The lowest BCUT2D eigenvalue weighted by Crippen LogP contribution is -2.25. The molecule has 1 heterocycles. The van der Waals surface area contributed by atoms with Crippen molar-refractivity contribution in [3.8, 4) is 0 Å². The number of amides is 2. The van der Waals surface area contributed by atoms with Crippen molar-refractivity contribution in [2.24, 2.45) is 0 Å². The Morgan fingerprint density at radius 3 is 2.59 bits per heavy atom. The topological polar surface area (TPSA) is 71.1 Å². The van der Waals surface area contributed by atoms with Crippen LogP contribution in [0.4, 0.5) is 15.8 Å². The SMILES string of the molecule is CC(SCC(=O)Nc1ccc(F)cc1)C(=O)Nc1cccc2cccnc12. The molecule has 0 radical (unpaired) electrons. The number of fused-ring (bicyclic) bond motifs is 1. The van der Waals surface area contributed by atoms with E-state index in [0.717, 1.165) is 10.9 Å². The lowest BCUT2D eigenvalue weighted by molar-refractivity contribution is -0.115. The highest BCUT2D eigenvalue weighted by Gasteiger charge is 2.16.